The van der Waals surface area contributed by atoms with Crippen LogP contribution < -0.4 is 4.31 Å². The number of benzene rings is 3. The van der Waals surface area contributed by atoms with Crippen LogP contribution in [0.2, 0.25) is 0 Å². The van der Waals surface area contributed by atoms with Gasteiger partial charge in [-0.1, -0.05) is 18.2 Å². The number of hydrogen-bond acceptors (Lipinski definition) is 7. The summed E-state index contributed by atoms with van der Waals surface area (Å²) in [4.78, 5) is 23.9. The van der Waals surface area contributed by atoms with Gasteiger partial charge in [-0.25, -0.2) is 17.6 Å². The number of carboxylic acid groups (broad SMARTS) is 1. The lowest BCUT2D eigenvalue weighted by atomic mass is 10.0. The van der Waals surface area contributed by atoms with E-state index < -0.39 is 21.8 Å². The summed E-state index contributed by atoms with van der Waals surface area (Å²) in [5.41, 5.74) is 3.28. The molecule has 5 rings (SSSR count). The van der Waals surface area contributed by atoms with Gasteiger partial charge in [-0.3, -0.25) is 9.10 Å². The summed E-state index contributed by atoms with van der Waals surface area (Å²) in [5, 5.41) is 10.4. The molecule has 1 aliphatic carbocycles. The van der Waals surface area contributed by atoms with Crippen molar-refractivity contribution in [3.63, 3.8) is 0 Å². The largest absolute Gasteiger partial charge is 0.478 e. The topological polar surface area (TPSA) is 123 Å². The van der Waals surface area contributed by atoms with Gasteiger partial charge in [0, 0.05) is 35.8 Å². The van der Waals surface area contributed by atoms with Crippen LogP contribution in [-0.4, -0.2) is 57.9 Å². The van der Waals surface area contributed by atoms with Gasteiger partial charge in [0.05, 0.1) is 31.7 Å². The Morgan fingerprint density at radius 3 is 2.41 bits per heavy atom. The molecule has 232 valence electrons. The number of sulfonamides is 1. The van der Waals surface area contributed by atoms with Crippen LogP contribution in [0.4, 0.5) is 10.1 Å². The zero-order valence-corrected chi connectivity index (χ0v) is 25.4. The summed E-state index contributed by atoms with van der Waals surface area (Å²) in [6.45, 7) is 2.87. The van der Waals surface area contributed by atoms with E-state index in [4.69, 9.17) is 13.9 Å². The van der Waals surface area contributed by atoms with Gasteiger partial charge in [0.25, 0.3) is 0 Å². The Bertz CT molecular complexity index is 1780. The molecule has 1 fully saturated rings. The van der Waals surface area contributed by atoms with Crippen molar-refractivity contribution < 1.29 is 41.4 Å². The first-order valence-corrected chi connectivity index (χ1v) is 16.2. The standard InChI is InChI=1S/C33H34FNO8S/c1-21(36)25-6-3-5-22(17-25)20-42-15-4-14-41-16-13-35(44(2,39)40)29-19-30-28(18-27(29)23-7-8-23)31(33(37)38)32(43-30)24-9-11-26(34)12-10-24/h3,5-6,9-12,17-19,23H,4,7-8,13-16,20H2,1-2H3,(H,37,38). The van der Waals surface area contributed by atoms with Crippen LogP contribution in [0.15, 0.2) is 65.1 Å². The summed E-state index contributed by atoms with van der Waals surface area (Å²) >= 11 is 0. The highest BCUT2D eigenvalue weighted by Gasteiger charge is 2.33. The van der Waals surface area contributed by atoms with Crippen LogP contribution in [-0.2, 0) is 26.1 Å². The predicted molar refractivity (Wildman–Crippen MR) is 164 cm³/mol. The number of carbonyl (C=O) groups is 2. The first kappa shape index (κ1) is 31.4. The van der Waals surface area contributed by atoms with E-state index in [1.807, 2.05) is 12.1 Å². The molecule has 9 nitrogen and oxygen atoms in total. The van der Waals surface area contributed by atoms with Gasteiger partial charge in [-0.15, -0.1) is 0 Å². The number of furan rings is 1. The minimum Gasteiger partial charge on any atom is -0.478 e. The number of anilines is 1. The van der Waals surface area contributed by atoms with E-state index in [-0.39, 0.29) is 41.8 Å². The maximum Gasteiger partial charge on any atom is 0.340 e. The van der Waals surface area contributed by atoms with Gasteiger partial charge in [-0.2, -0.15) is 0 Å². The van der Waals surface area contributed by atoms with Crippen molar-refractivity contribution in [2.24, 2.45) is 0 Å². The average Bonchev–Trinajstić information content (AvgIpc) is 3.75. The lowest BCUT2D eigenvalue weighted by Crippen LogP contribution is -2.34. The molecule has 3 aromatic carbocycles. The first-order chi connectivity index (χ1) is 21.0. The second kappa shape index (κ2) is 13.3. The fourth-order valence-corrected chi connectivity index (χ4v) is 6.07. The molecular formula is C33H34FNO8S. The third-order valence-corrected chi connectivity index (χ3v) is 8.64. The smallest absolute Gasteiger partial charge is 0.340 e. The molecule has 4 aromatic rings. The number of hydrogen-bond donors (Lipinski definition) is 1. The van der Waals surface area contributed by atoms with Crippen molar-refractivity contribution in [2.75, 3.05) is 36.9 Å². The van der Waals surface area contributed by atoms with Crippen molar-refractivity contribution >= 4 is 38.4 Å². The SMILES string of the molecule is CC(=O)c1cccc(COCCCOCCN(c2cc3oc(-c4ccc(F)cc4)c(C(=O)O)c3cc2C2CC2)S(C)(=O)=O)c1. The van der Waals surface area contributed by atoms with Crippen LogP contribution in [0.1, 0.15) is 63.9 Å². The highest BCUT2D eigenvalue weighted by atomic mass is 32.2. The van der Waals surface area contributed by atoms with Gasteiger partial charge in [0.1, 0.15) is 22.7 Å². The molecular weight excluding hydrogens is 589 g/mol. The maximum absolute atomic E-state index is 13.5. The van der Waals surface area contributed by atoms with Gasteiger partial charge < -0.3 is 19.0 Å². The predicted octanol–water partition coefficient (Wildman–Crippen LogP) is 6.41. The van der Waals surface area contributed by atoms with E-state index in [2.05, 4.69) is 0 Å². The molecule has 0 bridgehead atoms. The Balaban J connectivity index is 1.28. The van der Waals surface area contributed by atoms with Crippen molar-refractivity contribution in [1.82, 2.24) is 0 Å². The number of fused-ring (bicyclic) bond motifs is 1. The quantitative estimate of drug-likeness (QED) is 0.119. The van der Waals surface area contributed by atoms with Crippen molar-refractivity contribution in [3.8, 4) is 11.3 Å². The minimum absolute atomic E-state index is 0.00326. The number of halogens is 1. The van der Waals surface area contributed by atoms with E-state index in [0.717, 1.165) is 30.2 Å². The maximum atomic E-state index is 13.5. The van der Waals surface area contributed by atoms with Crippen molar-refractivity contribution in [2.45, 2.75) is 38.7 Å². The van der Waals surface area contributed by atoms with Gasteiger partial charge in [0.15, 0.2) is 5.78 Å². The highest BCUT2D eigenvalue weighted by molar-refractivity contribution is 7.92. The van der Waals surface area contributed by atoms with E-state index in [0.29, 0.717) is 48.4 Å². The molecule has 0 saturated heterocycles. The Morgan fingerprint density at radius 1 is 1.02 bits per heavy atom. The molecule has 0 amide bonds. The second-order valence-corrected chi connectivity index (χ2v) is 12.8. The van der Waals surface area contributed by atoms with Crippen LogP contribution in [0, 0.1) is 5.82 Å². The highest BCUT2D eigenvalue weighted by Crippen LogP contribution is 2.48. The molecule has 1 aliphatic rings. The Kier molecular flexibility index (Phi) is 9.48. The summed E-state index contributed by atoms with van der Waals surface area (Å²) in [7, 11) is -3.73. The van der Waals surface area contributed by atoms with Gasteiger partial charge in [0.2, 0.25) is 10.0 Å². The van der Waals surface area contributed by atoms with Gasteiger partial charge >= 0.3 is 5.97 Å². The molecule has 1 heterocycles. The molecule has 0 aliphatic heterocycles. The van der Waals surface area contributed by atoms with E-state index in [9.17, 15) is 27.5 Å². The Morgan fingerprint density at radius 2 is 1.75 bits per heavy atom. The Hall–Kier alpha value is -4.06. The summed E-state index contributed by atoms with van der Waals surface area (Å²) < 4.78 is 58.2. The first-order valence-electron chi connectivity index (χ1n) is 14.4. The van der Waals surface area contributed by atoms with Crippen LogP contribution in [0.5, 0.6) is 0 Å². The van der Waals surface area contributed by atoms with Gasteiger partial charge in [-0.05, 0) is 79.6 Å². The molecule has 0 atom stereocenters. The van der Waals surface area contributed by atoms with Crippen LogP contribution in [0.3, 0.4) is 0 Å². The zero-order chi connectivity index (χ0) is 31.4. The minimum atomic E-state index is -3.73. The van der Waals surface area contributed by atoms with Crippen LogP contribution in [0.25, 0.3) is 22.3 Å². The molecule has 0 unspecified atom stereocenters. The van der Waals surface area contributed by atoms with E-state index in [1.165, 1.54) is 35.5 Å². The number of carboxylic acids is 1. The number of aromatic carboxylic acids is 1. The summed E-state index contributed by atoms with van der Waals surface area (Å²) in [6, 6.07) is 15.9. The molecule has 44 heavy (non-hydrogen) atoms. The number of ketones is 1. The molecule has 1 aromatic heterocycles. The fraction of sp³-hybridized carbons (Fsp3) is 0.333. The van der Waals surface area contributed by atoms with Crippen LogP contribution >= 0.6 is 0 Å². The number of Topliss-reactive ketones (excluding diaryl/α,β-unsaturated/α-hetero) is 1. The fourth-order valence-electron chi connectivity index (χ4n) is 5.15. The Labute approximate surface area is 255 Å². The number of ether oxygens (including phenoxy) is 2. The number of rotatable bonds is 15. The number of carbonyl (C=O) groups excluding carboxylic acids is 1. The third-order valence-electron chi connectivity index (χ3n) is 7.46. The zero-order valence-electron chi connectivity index (χ0n) is 24.5. The summed E-state index contributed by atoms with van der Waals surface area (Å²) in [6.07, 6.45) is 3.44. The number of nitrogens with zero attached hydrogens (tertiary/aromatic N) is 1. The third kappa shape index (κ3) is 7.35. The lowest BCUT2D eigenvalue weighted by molar-refractivity contribution is 0.0698. The van der Waals surface area contributed by atoms with Crippen molar-refractivity contribution in [1.29, 1.82) is 0 Å². The lowest BCUT2D eigenvalue weighted by Gasteiger charge is -2.25. The van der Waals surface area contributed by atoms with Crippen molar-refractivity contribution in [3.05, 3.63) is 88.7 Å². The average molecular weight is 624 g/mol. The molecule has 11 heteroatoms. The summed E-state index contributed by atoms with van der Waals surface area (Å²) in [5.74, 6) is -1.49. The molecule has 1 N–H and O–H groups in total. The monoisotopic (exact) mass is 623 g/mol. The molecule has 0 radical (unpaired) electrons. The second-order valence-electron chi connectivity index (χ2n) is 10.9. The normalized spacial score (nSPS) is 13.3. The van der Waals surface area contributed by atoms with E-state index >= 15 is 0 Å². The van der Waals surface area contributed by atoms with E-state index in [1.54, 1.807) is 24.3 Å². The molecule has 0 spiro atoms. The molecule has 1 saturated carbocycles.